The minimum absolute atomic E-state index is 0.0378. The minimum atomic E-state index is -0.522. The van der Waals surface area contributed by atoms with Gasteiger partial charge in [-0.05, 0) is 35.6 Å². The van der Waals surface area contributed by atoms with Crippen LogP contribution in [0.5, 0.6) is 0 Å². The van der Waals surface area contributed by atoms with Crippen molar-refractivity contribution in [3.05, 3.63) is 71.3 Å². The number of hydrogen-bond donors (Lipinski definition) is 1. The molecule has 4 heteroatoms. The molecule has 2 aromatic carbocycles. The van der Waals surface area contributed by atoms with Crippen molar-refractivity contribution >= 4 is 22.8 Å². The van der Waals surface area contributed by atoms with Gasteiger partial charge in [0.1, 0.15) is 0 Å². The van der Waals surface area contributed by atoms with E-state index in [0.29, 0.717) is 11.3 Å². The molecule has 0 fully saturated rings. The van der Waals surface area contributed by atoms with Crippen LogP contribution in [0.25, 0.3) is 0 Å². The average Bonchev–Trinajstić information content (AvgIpc) is 2.60. The van der Waals surface area contributed by atoms with E-state index in [-0.39, 0.29) is 16.4 Å². The van der Waals surface area contributed by atoms with Gasteiger partial charge < -0.3 is 5.32 Å². The quantitative estimate of drug-likeness (QED) is 0.855. The minimum Gasteiger partial charge on any atom is -0.342 e. The molecule has 0 aliphatic rings. The summed E-state index contributed by atoms with van der Waals surface area (Å²) in [5, 5.41) is 2.71. The number of carbonyl (C=O) groups excluding carboxylic acids is 2. The zero-order valence-electron chi connectivity index (χ0n) is 15.2. The lowest BCUT2D eigenvalue weighted by Gasteiger charge is -2.19. The Morgan fingerprint density at radius 1 is 1.00 bits per heavy atom. The highest BCUT2D eigenvalue weighted by Crippen LogP contribution is 2.23. The van der Waals surface area contributed by atoms with Crippen molar-refractivity contribution in [1.29, 1.82) is 0 Å². The van der Waals surface area contributed by atoms with Crippen LogP contribution in [0.1, 0.15) is 49.2 Å². The van der Waals surface area contributed by atoms with Gasteiger partial charge in [0.15, 0.2) is 0 Å². The highest BCUT2D eigenvalue weighted by Gasteiger charge is 2.17. The predicted molar refractivity (Wildman–Crippen MR) is 105 cm³/mol. The summed E-state index contributed by atoms with van der Waals surface area (Å²) in [6.45, 7) is 8.25. The van der Waals surface area contributed by atoms with Crippen LogP contribution >= 0.6 is 11.8 Å². The largest absolute Gasteiger partial charge is 0.342 e. The molecule has 0 unspecified atom stereocenters. The van der Waals surface area contributed by atoms with Gasteiger partial charge in [0.25, 0.3) is 5.91 Å². The van der Waals surface area contributed by atoms with E-state index >= 15 is 0 Å². The molecule has 1 atom stereocenters. The van der Waals surface area contributed by atoms with E-state index < -0.39 is 6.04 Å². The van der Waals surface area contributed by atoms with Crippen molar-refractivity contribution < 1.29 is 9.59 Å². The van der Waals surface area contributed by atoms with Crippen LogP contribution in [-0.2, 0) is 16.0 Å². The predicted octanol–water partition coefficient (Wildman–Crippen LogP) is 4.56. The molecule has 1 amide bonds. The molecule has 2 aromatic rings. The second-order valence-electron chi connectivity index (χ2n) is 7.12. The first kappa shape index (κ1) is 19.3. The summed E-state index contributed by atoms with van der Waals surface area (Å²) >= 11 is 1.23. The van der Waals surface area contributed by atoms with E-state index in [0.717, 1.165) is 5.56 Å². The fourth-order valence-electron chi connectivity index (χ4n) is 2.31. The van der Waals surface area contributed by atoms with Crippen molar-refractivity contribution in [2.45, 2.75) is 44.9 Å². The fourth-order valence-corrected chi connectivity index (χ4v) is 3.12. The van der Waals surface area contributed by atoms with Gasteiger partial charge in [-0.15, -0.1) is 0 Å². The van der Waals surface area contributed by atoms with Crippen LogP contribution in [0.2, 0.25) is 0 Å². The van der Waals surface area contributed by atoms with E-state index in [1.807, 2.05) is 6.07 Å². The molecule has 1 N–H and O–H groups in total. The van der Waals surface area contributed by atoms with Crippen molar-refractivity contribution in [2.24, 2.45) is 0 Å². The summed E-state index contributed by atoms with van der Waals surface area (Å²) < 4.78 is 0. The Balaban J connectivity index is 1.86. The second kappa shape index (κ2) is 8.34. The molecule has 3 nitrogen and oxygen atoms in total. The molecular formula is C21H25NO2S. The Labute approximate surface area is 154 Å². The van der Waals surface area contributed by atoms with Gasteiger partial charge in [-0.25, -0.2) is 0 Å². The molecular weight excluding hydrogens is 330 g/mol. The lowest BCUT2D eigenvalue weighted by atomic mass is 9.87. The van der Waals surface area contributed by atoms with Gasteiger partial charge in [0.2, 0.25) is 5.12 Å². The molecule has 0 saturated heterocycles. The maximum absolute atomic E-state index is 12.3. The summed E-state index contributed by atoms with van der Waals surface area (Å²) in [5.74, 6) is 0.381. The standard InChI is InChI=1S/C21H25NO2S/c1-15(22-19(23)17-8-6-5-7-9-17)20(24)25-14-16-10-12-18(13-11-16)21(2,3)4/h5-13,15H,14H2,1-4H3,(H,22,23)/t15-/m0/s1. The van der Waals surface area contributed by atoms with Crippen LogP contribution in [0, 0.1) is 0 Å². The Morgan fingerprint density at radius 3 is 2.16 bits per heavy atom. The molecule has 25 heavy (non-hydrogen) atoms. The van der Waals surface area contributed by atoms with Gasteiger partial charge in [0.05, 0.1) is 6.04 Å². The van der Waals surface area contributed by atoms with E-state index in [1.54, 1.807) is 31.2 Å². The molecule has 2 rings (SSSR count). The van der Waals surface area contributed by atoms with Gasteiger partial charge in [-0.1, -0.05) is 75.0 Å². The average molecular weight is 356 g/mol. The third kappa shape index (κ3) is 5.75. The molecule has 0 radical (unpaired) electrons. The van der Waals surface area contributed by atoms with E-state index in [2.05, 4.69) is 50.4 Å². The summed E-state index contributed by atoms with van der Waals surface area (Å²) in [6, 6.07) is 16.8. The van der Waals surface area contributed by atoms with Gasteiger partial charge in [-0.2, -0.15) is 0 Å². The highest BCUT2D eigenvalue weighted by atomic mass is 32.2. The number of benzene rings is 2. The molecule has 132 valence electrons. The van der Waals surface area contributed by atoms with Crippen molar-refractivity contribution in [3.8, 4) is 0 Å². The topological polar surface area (TPSA) is 46.2 Å². The van der Waals surface area contributed by atoms with Gasteiger partial charge in [-0.3, -0.25) is 9.59 Å². The first-order valence-electron chi connectivity index (χ1n) is 8.39. The smallest absolute Gasteiger partial charge is 0.251 e. The van der Waals surface area contributed by atoms with Crippen LogP contribution in [0.4, 0.5) is 0 Å². The molecule has 0 saturated carbocycles. The number of rotatable bonds is 5. The van der Waals surface area contributed by atoms with Gasteiger partial charge >= 0.3 is 0 Å². The second-order valence-corrected chi connectivity index (χ2v) is 8.10. The van der Waals surface area contributed by atoms with Crippen LogP contribution in [0.15, 0.2) is 54.6 Å². The summed E-state index contributed by atoms with van der Waals surface area (Å²) in [7, 11) is 0. The summed E-state index contributed by atoms with van der Waals surface area (Å²) in [5.41, 5.74) is 3.06. The first-order chi connectivity index (χ1) is 11.8. The lowest BCUT2D eigenvalue weighted by molar-refractivity contribution is -0.112. The lowest BCUT2D eigenvalue weighted by Crippen LogP contribution is -2.37. The molecule has 0 bridgehead atoms. The normalized spacial score (nSPS) is 12.5. The Hall–Kier alpha value is -2.07. The van der Waals surface area contributed by atoms with E-state index in [1.165, 1.54) is 17.3 Å². The van der Waals surface area contributed by atoms with Crippen molar-refractivity contribution in [2.75, 3.05) is 0 Å². The first-order valence-corrected chi connectivity index (χ1v) is 9.38. The molecule has 0 aliphatic carbocycles. The highest BCUT2D eigenvalue weighted by molar-refractivity contribution is 8.13. The summed E-state index contributed by atoms with van der Waals surface area (Å²) in [6.07, 6.45) is 0. The summed E-state index contributed by atoms with van der Waals surface area (Å²) in [4.78, 5) is 24.4. The zero-order chi connectivity index (χ0) is 18.4. The number of hydrogen-bond acceptors (Lipinski definition) is 3. The number of carbonyl (C=O) groups is 2. The fraction of sp³-hybridized carbons (Fsp3) is 0.333. The zero-order valence-corrected chi connectivity index (χ0v) is 16.0. The molecule has 0 aliphatic heterocycles. The van der Waals surface area contributed by atoms with Gasteiger partial charge in [0, 0.05) is 11.3 Å². The number of nitrogens with one attached hydrogen (secondary N) is 1. The Bertz CT molecular complexity index is 718. The van der Waals surface area contributed by atoms with E-state index in [9.17, 15) is 9.59 Å². The maximum atomic E-state index is 12.3. The van der Waals surface area contributed by atoms with Crippen LogP contribution in [-0.4, -0.2) is 17.1 Å². The monoisotopic (exact) mass is 355 g/mol. The van der Waals surface area contributed by atoms with Crippen molar-refractivity contribution in [1.82, 2.24) is 5.32 Å². The van der Waals surface area contributed by atoms with Crippen molar-refractivity contribution in [3.63, 3.8) is 0 Å². The SMILES string of the molecule is C[C@H](NC(=O)c1ccccc1)C(=O)SCc1ccc(C(C)(C)C)cc1. The number of amides is 1. The third-order valence-electron chi connectivity index (χ3n) is 3.94. The van der Waals surface area contributed by atoms with Crippen LogP contribution < -0.4 is 5.32 Å². The molecule has 0 spiro atoms. The molecule has 0 aromatic heterocycles. The Morgan fingerprint density at radius 2 is 1.60 bits per heavy atom. The number of thioether (sulfide) groups is 1. The Kier molecular flexibility index (Phi) is 6.43. The van der Waals surface area contributed by atoms with Crippen LogP contribution in [0.3, 0.4) is 0 Å². The third-order valence-corrected chi connectivity index (χ3v) is 5.05. The maximum Gasteiger partial charge on any atom is 0.251 e. The molecule has 0 heterocycles. The van der Waals surface area contributed by atoms with E-state index in [4.69, 9.17) is 0 Å².